The average molecular weight is 595 g/mol. The highest BCUT2D eigenvalue weighted by Crippen LogP contribution is 2.13. The van der Waals surface area contributed by atoms with E-state index >= 15 is 0 Å². The Morgan fingerprint density at radius 2 is 0.857 bits per heavy atom. The van der Waals surface area contributed by atoms with E-state index in [0.29, 0.717) is 6.42 Å². The molecule has 0 aromatic rings. The Labute approximate surface area is 265 Å². The minimum absolute atomic E-state index is 0.153. The van der Waals surface area contributed by atoms with E-state index in [2.05, 4.69) is 38.2 Å². The second kappa shape index (κ2) is 46.8. The second-order valence-electron chi connectivity index (χ2n) is 12.1. The van der Waals surface area contributed by atoms with Crippen LogP contribution in [-0.4, -0.2) is 25.8 Å². The molecule has 252 valence electrons. The number of unbranched alkanes of at least 4 members (excludes halogenated alkanes) is 24. The van der Waals surface area contributed by atoms with Crippen LogP contribution in [0.3, 0.4) is 0 Å². The minimum atomic E-state index is -0.153. The fraction of sp³-hybridized carbons (Fsp3) is 0.895. The Kier molecular flexibility index (Phi) is 50.4. The van der Waals surface area contributed by atoms with Crippen LogP contribution in [0.2, 0.25) is 0 Å². The van der Waals surface area contributed by atoms with Crippen molar-refractivity contribution in [2.45, 2.75) is 207 Å². The Morgan fingerprint density at radius 3 is 1.26 bits per heavy atom. The molecular formula is C38H78N2O2. The monoisotopic (exact) mass is 595 g/mol. The lowest BCUT2D eigenvalue weighted by molar-refractivity contribution is -0.118. The van der Waals surface area contributed by atoms with Gasteiger partial charge in [0.15, 0.2) is 0 Å². The van der Waals surface area contributed by atoms with Crippen LogP contribution >= 0.6 is 0 Å². The zero-order chi connectivity index (χ0) is 31.6. The third-order valence-corrected chi connectivity index (χ3v) is 7.64. The van der Waals surface area contributed by atoms with Crippen molar-refractivity contribution in [2.24, 2.45) is 5.73 Å². The minimum Gasteiger partial charge on any atom is -0.370 e. The summed E-state index contributed by atoms with van der Waals surface area (Å²) >= 11 is 0. The first kappa shape index (κ1) is 45.3. The number of primary amides is 1. The van der Waals surface area contributed by atoms with Crippen LogP contribution in [0.5, 0.6) is 0 Å². The van der Waals surface area contributed by atoms with Gasteiger partial charge in [-0.1, -0.05) is 168 Å². The average Bonchev–Trinajstić information content (AvgIpc) is 2.99. The highest BCUT2D eigenvalue weighted by Gasteiger charge is 1.96. The summed E-state index contributed by atoms with van der Waals surface area (Å²) in [5, 5.41) is 3.10. The van der Waals surface area contributed by atoms with E-state index in [1.807, 2.05) is 7.05 Å². The topological polar surface area (TPSA) is 72.2 Å². The van der Waals surface area contributed by atoms with Gasteiger partial charge in [0, 0.05) is 12.8 Å². The first-order valence-corrected chi connectivity index (χ1v) is 18.6. The predicted molar refractivity (Wildman–Crippen MR) is 189 cm³/mol. The maximum Gasteiger partial charge on any atom is 0.217 e. The fourth-order valence-corrected chi connectivity index (χ4v) is 4.80. The summed E-state index contributed by atoms with van der Waals surface area (Å²) in [6.45, 7) is 7.90. The molecule has 0 aromatic carbocycles. The molecule has 4 nitrogen and oxygen atoms in total. The number of aldehydes is 1. The molecule has 0 rings (SSSR count). The predicted octanol–water partition coefficient (Wildman–Crippen LogP) is 11.8. The van der Waals surface area contributed by atoms with E-state index in [0.717, 1.165) is 25.5 Å². The summed E-state index contributed by atoms with van der Waals surface area (Å²) in [6, 6.07) is 0. The number of hydrogen-bond donors (Lipinski definition) is 2. The summed E-state index contributed by atoms with van der Waals surface area (Å²) in [6.07, 6.45) is 42.6. The molecule has 0 saturated carbocycles. The van der Waals surface area contributed by atoms with Crippen LogP contribution < -0.4 is 11.1 Å². The maximum absolute atomic E-state index is 10.6. The number of rotatable bonds is 31. The highest BCUT2D eigenvalue weighted by atomic mass is 16.1. The molecule has 0 radical (unpaired) electrons. The van der Waals surface area contributed by atoms with Gasteiger partial charge in [0.25, 0.3) is 0 Å². The molecular weight excluding hydrogens is 516 g/mol. The number of carbonyl (C=O) groups excluding carboxylic acids is 2. The van der Waals surface area contributed by atoms with Gasteiger partial charge in [0.05, 0.1) is 0 Å². The van der Waals surface area contributed by atoms with Crippen LogP contribution in [-0.2, 0) is 9.59 Å². The van der Waals surface area contributed by atoms with Gasteiger partial charge in [-0.3, -0.25) is 4.79 Å². The van der Waals surface area contributed by atoms with Crippen molar-refractivity contribution >= 4 is 12.2 Å². The summed E-state index contributed by atoms with van der Waals surface area (Å²) in [5.74, 6) is -0.153. The summed E-state index contributed by atoms with van der Waals surface area (Å²) in [7, 11) is 2.00. The number of amides is 1. The number of carbonyl (C=O) groups is 2. The number of allylic oxidation sites excluding steroid dienone is 2. The Bertz CT molecular complexity index is 503. The zero-order valence-electron chi connectivity index (χ0n) is 29.3. The van der Waals surface area contributed by atoms with Crippen molar-refractivity contribution in [2.75, 3.05) is 13.6 Å². The van der Waals surface area contributed by atoms with Crippen LogP contribution in [0.1, 0.15) is 207 Å². The quantitative estimate of drug-likeness (QED) is 0.0476. The van der Waals surface area contributed by atoms with Gasteiger partial charge in [-0.15, -0.1) is 0 Å². The van der Waals surface area contributed by atoms with Gasteiger partial charge in [0.2, 0.25) is 5.91 Å². The maximum atomic E-state index is 10.6. The molecule has 0 heterocycles. The van der Waals surface area contributed by atoms with Gasteiger partial charge in [-0.05, 0) is 52.1 Å². The first-order chi connectivity index (χ1) is 20.6. The van der Waals surface area contributed by atoms with Gasteiger partial charge in [-0.2, -0.15) is 0 Å². The molecule has 0 fully saturated rings. The van der Waals surface area contributed by atoms with Crippen molar-refractivity contribution < 1.29 is 9.59 Å². The second-order valence-corrected chi connectivity index (χ2v) is 12.1. The molecule has 0 atom stereocenters. The highest BCUT2D eigenvalue weighted by molar-refractivity contribution is 5.73. The van der Waals surface area contributed by atoms with Crippen molar-refractivity contribution in [1.29, 1.82) is 0 Å². The van der Waals surface area contributed by atoms with E-state index in [4.69, 9.17) is 5.73 Å². The van der Waals surface area contributed by atoms with E-state index in [1.165, 1.54) is 167 Å². The molecule has 0 saturated heterocycles. The molecule has 0 aliphatic heterocycles. The van der Waals surface area contributed by atoms with Crippen molar-refractivity contribution in [3.05, 3.63) is 12.2 Å². The molecule has 0 spiro atoms. The molecule has 4 heteroatoms. The van der Waals surface area contributed by atoms with Gasteiger partial charge < -0.3 is 15.8 Å². The molecule has 0 bridgehead atoms. The third-order valence-electron chi connectivity index (χ3n) is 7.64. The molecule has 0 unspecified atom stereocenters. The van der Waals surface area contributed by atoms with Crippen LogP contribution in [0.4, 0.5) is 0 Å². The normalized spacial score (nSPS) is 10.7. The van der Waals surface area contributed by atoms with E-state index in [9.17, 15) is 9.59 Å². The smallest absolute Gasteiger partial charge is 0.217 e. The third kappa shape index (κ3) is 54.9. The lowest BCUT2D eigenvalue weighted by Crippen LogP contribution is -2.09. The summed E-state index contributed by atoms with van der Waals surface area (Å²) < 4.78 is 0. The van der Waals surface area contributed by atoms with E-state index < -0.39 is 0 Å². The van der Waals surface area contributed by atoms with Crippen LogP contribution in [0, 0.1) is 0 Å². The lowest BCUT2D eigenvalue weighted by Gasteiger charge is -2.03. The van der Waals surface area contributed by atoms with Crippen molar-refractivity contribution in [3.63, 3.8) is 0 Å². The standard InChI is InChI=1S/C18H37NO.C14H26O.C6H15N/c1-2-3-4-5-6-7-8-9-10-11-12-13-14-15-16-17-18(19)20;1-2-3-4-5-6-7-8-9-10-11-12-13-14-15;1-3-4-5-6-7-2/h2-17H2,1H3,(H2,19,20);5-6,14H,2-4,7-13H2,1H3;7H,3-6H2,1-2H3/b;6-5-;. The number of hydrogen-bond acceptors (Lipinski definition) is 3. The Balaban J connectivity index is -0.000000606. The van der Waals surface area contributed by atoms with E-state index in [-0.39, 0.29) is 5.91 Å². The lowest BCUT2D eigenvalue weighted by atomic mass is 10.0. The van der Waals surface area contributed by atoms with Gasteiger partial charge in [0.1, 0.15) is 6.29 Å². The molecule has 42 heavy (non-hydrogen) atoms. The molecule has 3 N–H and O–H groups in total. The van der Waals surface area contributed by atoms with Gasteiger partial charge in [-0.25, -0.2) is 0 Å². The summed E-state index contributed by atoms with van der Waals surface area (Å²) in [4.78, 5) is 20.6. The molecule has 1 amide bonds. The number of nitrogens with one attached hydrogen (secondary N) is 1. The molecule has 0 aliphatic carbocycles. The van der Waals surface area contributed by atoms with E-state index in [1.54, 1.807) is 0 Å². The fourth-order valence-electron chi connectivity index (χ4n) is 4.80. The Hall–Kier alpha value is -1.16. The molecule has 0 aliphatic rings. The zero-order valence-corrected chi connectivity index (χ0v) is 29.3. The first-order valence-electron chi connectivity index (χ1n) is 18.6. The SMILES string of the molecule is CCCC/C=C\CCCCCCCC=O.CCCCCCCCCCCCCCCCCC(N)=O.CCCCCNC. The van der Waals surface area contributed by atoms with Crippen molar-refractivity contribution in [1.82, 2.24) is 5.32 Å². The molecule has 0 aromatic heterocycles. The van der Waals surface area contributed by atoms with Crippen LogP contribution in [0.15, 0.2) is 12.2 Å². The summed E-state index contributed by atoms with van der Waals surface area (Å²) in [5.41, 5.74) is 5.11. The Morgan fingerprint density at radius 1 is 0.500 bits per heavy atom. The van der Waals surface area contributed by atoms with Crippen LogP contribution in [0.25, 0.3) is 0 Å². The number of nitrogens with two attached hydrogens (primary N) is 1. The van der Waals surface area contributed by atoms with Gasteiger partial charge >= 0.3 is 0 Å². The largest absolute Gasteiger partial charge is 0.370 e. The van der Waals surface area contributed by atoms with Crippen molar-refractivity contribution in [3.8, 4) is 0 Å².